The van der Waals surface area contributed by atoms with Crippen LogP contribution in [0.3, 0.4) is 0 Å². The van der Waals surface area contributed by atoms with Crippen molar-refractivity contribution in [2.75, 3.05) is 37.4 Å². The van der Waals surface area contributed by atoms with Gasteiger partial charge in [0.25, 0.3) is 0 Å². The number of carboxylic acids is 1. The number of hydrogen-bond acceptors (Lipinski definition) is 5. The number of carboxylic acid groups (broad SMARTS) is 1. The number of aromatic carboxylic acids is 1. The molecule has 0 aromatic heterocycles. The molecule has 20 heavy (non-hydrogen) atoms. The Morgan fingerprint density at radius 3 is 2.75 bits per heavy atom. The van der Waals surface area contributed by atoms with E-state index in [1.807, 2.05) is 11.0 Å². The highest BCUT2D eigenvalue weighted by molar-refractivity contribution is 5.95. The lowest BCUT2D eigenvalue weighted by Gasteiger charge is -2.25. The van der Waals surface area contributed by atoms with Crippen molar-refractivity contribution in [3.63, 3.8) is 0 Å². The quantitative estimate of drug-likeness (QED) is 0.735. The third kappa shape index (κ3) is 3.87. The number of nitrogens with two attached hydrogens (primary N) is 1. The summed E-state index contributed by atoms with van der Waals surface area (Å²) in [5.41, 5.74) is 7.58. The summed E-state index contributed by atoms with van der Waals surface area (Å²) in [5, 5.41) is 17.9. The van der Waals surface area contributed by atoms with Crippen LogP contribution >= 0.6 is 0 Å². The van der Waals surface area contributed by atoms with Crippen LogP contribution in [0.4, 0.5) is 11.4 Å². The fourth-order valence-corrected chi connectivity index (χ4v) is 1.90. The molecule has 0 radical (unpaired) electrons. The summed E-state index contributed by atoms with van der Waals surface area (Å²) in [6.07, 6.45) is 0.357. The van der Waals surface area contributed by atoms with E-state index in [1.165, 1.54) is 6.07 Å². The number of benzene rings is 1. The second kappa shape index (κ2) is 7.36. The van der Waals surface area contributed by atoms with Crippen LogP contribution < -0.4 is 10.6 Å². The third-order valence-corrected chi connectivity index (χ3v) is 3.03. The molecule has 0 atom stereocenters. The van der Waals surface area contributed by atoms with Gasteiger partial charge >= 0.3 is 5.97 Å². The van der Waals surface area contributed by atoms with E-state index in [-0.39, 0.29) is 11.3 Å². The maximum Gasteiger partial charge on any atom is 0.337 e. The van der Waals surface area contributed by atoms with Gasteiger partial charge in [-0.2, -0.15) is 5.26 Å². The number of anilines is 2. The van der Waals surface area contributed by atoms with Crippen molar-refractivity contribution in [2.45, 2.75) is 13.3 Å². The Kier molecular flexibility index (Phi) is 5.81. The Morgan fingerprint density at radius 1 is 1.50 bits per heavy atom. The lowest BCUT2D eigenvalue weighted by atomic mass is 10.1. The van der Waals surface area contributed by atoms with E-state index in [0.717, 1.165) is 5.69 Å². The number of aryl methyl sites for hydroxylation is 1. The van der Waals surface area contributed by atoms with Crippen molar-refractivity contribution in [3.8, 4) is 6.07 Å². The first kappa shape index (κ1) is 15.8. The van der Waals surface area contributed by atoms with Crippen LogP contribution in [-0.4, -0.2) is 37.9 Å². The van der Waals surface area contributed by atoms with Crippen LogP contribution in [0, 0.1) is 18.3 Å². The summed E-state index contributed by atoms with van der Waals surface area (Å²) in [4.78, 5) is 13.1. The van der Waals surface area contributed by atoms with E-state index in [0.29, 0.717) is 31.7 Å². The Bertz CT molecular complexity index is 523. The highest BCUT2D eigenvalue weighted by Gasteiger charge is 2.15. The molecule has 6 heteroatoms. The van der Waals surface area contributed by atoms with Crippen molar-refractivity contribution < 1.29 is 14.6 Å². The van der Waals surface area contributed by atoms with Gasteiger partial charge in [-0.25, -0.2) is 4.79 Å². The molecule has 1 rings (SSSR count). The van der Waals surface area contributed by atoms with E-state index in [2.05, 4.69) is 6.07 Å². The van der Waals surface area contributed by atoms with Crippen LogP contribution in [-0.2, 0) is 4.74 Å². The average Bonchev–Trinajstić information content (AvgIpc) is 2.41. The predicted molar refractivity (Wildman–Crippen MR) is 76.9 cm³/mol. The maximum absolute atomic E-state index is 11.2. The zero-order chi connectivity index (χ0) is 15.1. The van der Waals surface area contributed by atoms with Gasteiger partial charge < -0.3 is 20.5 Å². The van der Waals surface area contributed by atoms with Crippen molar-refractivity contribution in [1.29, 1.82) is 5.26 Å². The predicted octanol–water partition coefficient (Wildman–Crippen LogP) is 1.64. The van der Waals surface area contributed by atoms with Gasteiger partial charge in [-0.15, -0.1) is 0 Å². The molecule has 1 aromatic carbocycles. The molecule has 0 bridgehead atoms. The molecule has 1 aromatic rings. The maximum atomic E-state index is 11.2. The summed E-state index contributed by atoms with van der Waals surface area (Å²) in [6, 6.07) is 5.45. The van der Waals surface area contributed by atoms with Gasteiger partial charge in [0.1, 0.15) is 0 Å². The number of nitrogen functional groups attached to an aromatic ring is 1. The largest absolute Gasteiger partial charge is 0.478 e. The average molecular weight is 277 g/mol. The summed E-state index contributed by atoms with van der Waals surface area (Å²) in [6.45, 7) is 3.37. The van der Waals surface area contributed by atoms with Crippen molar-refractivity contribution >= 4 is 17.3 Å². The molecule has 6 nitrogen and oxygen atoms in total. The molecule has 0 unspecified atom stereocenters. The van der Waals surface area contributed by atoms with Gasteiger partial charge in [-0.05, 0) is 24.6 Å². The molecular weight excluding hydrogens is 258 g/mol. The number of methoxy groups -OCH3 is 1. The minimum absolute atomic E-state index is 0.0828. The van der Waals surface area contributed by atoms with E-state index < -0.39 is 5.97 Å². The Balaban J connectivity index is 3.12. The van der Waals surface area contributed by atoms with Crippen LogP contribution in [0.15, 0.2) is 12.1 Å². The Hall–Kier alpha value is -2.26. The summed E-state index contributed by atoms with van der Waals surface area (Å²) >= 11 is 0. The van der Waals surface area contributed by atoms with E-state index in [1.54, 1.807) is 14.0 Å². The van der Waals surface area contributed by atoms with E-state index in [9.17, 15) is 9.90 Å². The lowest BCUT2D eigenvalue weighted by molar-refractivity contribution is 0.0698. The van der Waals surface area contributed by atoms with Crippen LogP contribution in [0.2, 0.25) is 0 Å². The first-order chi connectivity index (χ1) is 9.51. The highest BCUT2D eigenvalue weighted by atomic mass is 16.5. The summed E-state index contributed by atoms with van der Waals surface area (Å²) < 4.78 is 5.04. The number of carbonyl (C=O) groups is 1. The van der Waals surface area contributed by atoms with Gasteiger partial charge in [0, 0.05) is 31.6 Å². The number of nitriles is 1. The zero-order valence-electron chi connectivity index (χ0n) is 11.7. The molecule has 0 aliphatic carbocycles. The Morgan fingerprint density at radius 2 is 2.20 bits per heavy atom. The first-order valence-corrected chi connectivity index (χ1v) is 6.25. The lowest BCUT2D eigenvalue weighted by Crippen LogP contribution is -2.28. The van der Waals surface area contributed by atoms with Crippen LogP contribution in [0.1, 0.15) is 22.3 Å². The fraction of sp³-hybridized carbons (Fsp3) is 0.429. The number of hydrogen-bond donors (Lipinski definition) is 2. The van der Waals surface area contributed by atoms with Gasteiger partial charge in [0.05, 0.1) is 24.7 Å². The normalized spacial score (nSPS) is 10.1. The molecule has 0 saturated carbocycles. The molecule has 0 amide bonds. The van der Waals surface area contributed by atoms with Crippen LogP contribution in [0.25, 0.3) is 0 Å². The molecule has 3 N–H and O–H groups in total. The van der Waals surface area contributed by atoms with Gasteiger partial charge in [0.2, 0.25) is 0 Å². The number of rotatable bonds is 7. The van der Waals surface area contributed by atoms with E-state index in [4.69, 9.17) is 15.7 Å². The molecule has 0 saturated heterocycles. The minimum atomic E-state index is -1.06. The molecule has 0 fully saturated rings. The molecule has 0 spiro atoms. The van der Waals surface area contributed by atoms with Gasteiger partial charge in [-0.1, -0.05) is 0 Å². The van der Waals surface area contributed by atoms with Crippen LogP contribution in [0.5, 0.6) is 0 Å². The second-order valence-corrected chi connectivity index (χ2v) is 4.42. The topological polar surface area (TPSA) is 99.6 Å². The molecule has 0 aliphatic rings. The zero-order valence-corrected chi connectivity index (χ0v) is 11.7. The fourth-order valence-electron chi connectivity index (χ4n) is 1.90. The third-order valence-electron chi connectivity index (χ3n) is 3.03. The number of ether oxygens (including phenoxy) is 1. The van der Waals surface area contributed by atoms with Gasteiger partial charge in [0.15, 0.2) is 0 Å². The second-order valence-electron chi connectivity index (χ2n) is 4.42. The van der Waals surface area contributed by atoms with E-state index >= 15 is 0 Å². The van der Waals surface area contributed by atoms with Crippen molar-refractivity contribution in [3.05, 3.63) is 23.3 Å². The molecule has 108 valence electrons. The summed E-state index contributed by atoms with van der Waals surface area (Å²) in [7, 11) is 1.60. The van der Waals surface area contributed by atoms with Crippen molar-refractivity contribution in [2.24, 2.45) is 0 Å². The highest BCUT2D eigenvalue weighted by Crippen LogP contribution is 2.25. The summed E-state index contributed by atoms with van der Waals surface area (Å²) in [5.74, 6) is -1.06. The number of nitrogens with zero attached hydrogens (tertiary/aromatic N) is 2. The Labute approximate surface area is 118 Å². The monoisotopic (exact) mass is 277 g/mol. The minimum Gasteiger partial charge on any atom is -0.478 e. The van der Waals surface area contributed by atoms with Gasteiger partial charge in [-0.3, -0.25) is 0 Å². The molecular formula is C14H19N3O3. The SMILES string of the molecule is COCCN(CCC#N)c1cc(C)c(N)c(C(=O)O)c1. The molecule has 0 heterocycles. The molecule has 0 aliphatic heterocycles. The van der Waals surface area contributed by atoms with Crippen molar-refractivity contribution in [1.82, 2.24) is 0 Å². The standard InChI is InChI=1S/C14H19N3O3/c1-10-8-11(9-12(13(10)16)14(18)19)17(5-3-4-15)6-7-20-2/h8-9H,3,5-7,16H2,1-2H3,(H,18,19). The smallest absolute Gasteiger partial charge is 0.337 e. The first-order valence-electron chi connectivity index (χ1n) is 6.25.